The Morgan fingerprint density at radius 3 is 2.50 bits per heavy atom. The van der Waals surface area contributed by atoms with E-state index in [1.54, 1.807) is 36.4 Å². The molecule has 0 aliphatic heterocycles. The molecule has 1 heterocycles. The summed E-state index contributed by atoms with van der Waals surface area (Å²) in [5.41, 5.74) is 2.15. The van der Waals surface area contributed by atoms with Crippen LogP contribution in [0.2, 0.25) is 10.0 Å². The van der Waals surface area contributed by atoms with Gasteiger partial charge < -0.3 is 10.1 Å². The maximum atomic E-state index is 9.42. The van der Waals surface area contributed by atoms with Crippen molar-refractivity contribution in [3.8, 4) is 17.1 Å². The smallest absolute Gasteiger partial charge is 0.141 e. The van der Waals surface area contributed by atoms with Crippen molar-refractivity contribution < 1.29 is 5.11 Å². The number of phenolic OH excluding ortho intramolecular Hbond substituents is 1. The fraction of sp³-hybridized carbons (Fsp3) is 0. The van der Waals surface area contributed by atoms with E-state index in [9.17, 15) is 5.11 Å². The molecule has 0 saturated carbocycles. The number of hydrogen-bond acceptors (Lipinski definition) is 2. The average molecular weight is 279 g/mol. The van der Waals surface area contributed by atoms with E-state index in [0.29, 0.717) is 21.4 Å². The molecular formula is C13H8Cl2N2O. The van der Waals surface area contributed by atoms with Crippen LogP contribution in [0.25, 0.3) is 22.4 Å². The van der Waals surface area contributed by atoms with Gasteiger partial charge in [0, 0.05) is 6.07 Å². The number of phenols is 1. The van der Waals surface area contributed by atoms with Crippen molar-refractivity contribution in [2.45, 2.75) is 0 Å². The van der Waals surface area contributed by atoms with Crippen molar-refractivity contribution >= 4 is 34.2 Å². The summed E-state index contributed by atoms with van der Waals surface area (Å²) in [7, 11) is 0. The molecule has 0 radical (unpaired) electrons. The lowest BCUT2D eigenvalue weighted by atomic mass is 10.2. The molecule has 0 unspecified atom stereocenters. The van der Waals surface area contributed by atoms with Crippen molar-refractivity contribution in [1.82, 2.24) is 9.97 Å². The minimum absolute atomic E-state index is 0.183. The number of nitrogens with zero attached hydrogens (tertiary/aromatic N) is 1. The topological polar surface area (TPSA) is 48.9 Å². The van der Waals surface area contributed by atoms with Gasteiger partial charge in [-0.25, -0.2) is 4.98 Å². The van der Waals surface area contributed by atoms with Crippen molar-refractivity contribution in [3.05, 3.63) is 46.4 Å². The molecule has 0 aliphatic rings. The summed E-state index contributed by atoms with van der Waals surface area (Å²) in [6.07, 6.45) is 0. The number of aromatic amines is 1. The van der Waals surface area contributed by atoms with Crippen LogP contribution in [0, 0.1) is 0 Å². The summed E-state index contributed by atoms with van der Waals surface area (Å²) in [5, 5.41) is 10.5. The molecule has 0 aliphatic carbocycles. The number of benzene rings is 2. The Bertz CT molecular complexity index is 717. The summed E-state index contributed by atoms with van der Waals surface area (Å²) < 4.78 is 0. The second-order valence-corrected chi connectivity index (χ2v) is 4.70. The van der Waals surface area contributed by atoms with E-state index < -0.39 is 0 Å². The molecule has 90 valence electrons. The molecule has 2 N–H and O–H groups in total. The fourth-order valence-corrected chi connectivity index (χ4v) is 2.42. The van der Waals surface area contributed by atoms with Gasteiger partial charge >= 0.3 is 0 Å². The van der Waals surface area contributed by atoms with Gasteiger partial charge in [-0.15, -0.1) is 0 Å². The van der Waals surface area contributed by atoms with E-state index >= 15 is 0 Å². The van der Waals surface area contributed by atoms with Crippen LogP contribution in [-0.4, -0.2) is 15.1 Å². The van der Waals surface area contributed by atoms with Crippen molar-refractivity contribution in [3.63, 3.8) is 0 Å². The average Bonchev–Trinajstić information content (AvgIpc) is 2.71. The number of imidazole rings is 1. The Balaban J connectivity index is 2.26. The molecule has 5 heteroatoms. The van der Waals surface area contributed by atoms with Gasteiger partial charge in [-0.1, -0.05) is 29.3 Å². The van der Waals surface area contributed by atoms with E-state index in [4.69, 9.17) is 23.2 Å². The Hall–Kier alpha value is -1.71. The number of rotatable bonds is 1. The van der Waals surface area contributed by atoms with Gasteiger partial charge in [-0.3, -0.25) is 0 Å². The predicted octanol–water partition coefficient (Wildman–Crippen LogP) is 4.24. The van der Waals surface area contributed by atoms with Crippen molar-refractivity contribution in [2.24, 2.45) is 0 Å². The normalized spacial score (nSPS) is 11.0. The van der Waals surface area contributed by atoms with Gasteiger partial charge in [-0.05, 0) is 24.3 Å². The lowest BCUT2D eigenvalue weighted by Crippen LogP contribution is -1.83. The number of aromatic nitrogens is 2. The van der Waals surface area contributed by atoms with Crippen LogP contribution < -0.4 is 0 Å². The van der Waals surface area contributed by atoms with E-state index in [0.717, 1.165) is 11.0 Å². The van der Waals surface area contributed by atoms with Crippen molar-refractivity contribution in [2.75, 3.05) is 0 Å². The maximum absolute atomic E-state index is 9.42. The zero-order valence-corrected chi connectivity index (χ0v) is 10.6. The molecule has 0 atom stereocenters. The predicted molar refractivity (Wildman–Crippen MR) is 73.2 cm³/mol. The molecule has 0 fully saturated rings. The number of H-pyrrole nitrogens is 1. The quantitative estimate of drug-likeness (QED) is 0.699. The largest absolute Gasteiger partial charge is 0.508 e. The highest BCUT2D eigenvalue weighted by Gasteiger charge is 2.12. The van der Waals surface area contributed by atoms with E-state index in [1.807, 2.05) is 0 Å². The van der Waals surface area contributed by atoms with E-state index in [1.165, 1.54) is 0 Å². The molecule has 0 saturated heterocycles. The lowest BCUT2D eigenvalue weighted by Gasteiger charge is -2.02. The Labute approximate surface area is 113 Å². The number of fused-ring (bicyclic) bond motifs is 1. The third-order valence-electron chi connectivity index (χ3n) is 2.67. The molecule has 0 amide bonds. The first-order valence-electron chi connectivity index (χ1n) is 5.28. The van der Waals surface area contributed by atoms with Gasteiger partial charge in [0.05, 0.1) is 26.6 Å². The third-order valence-corrected chi connectivity index (χ3v) is 3.29. The number of halogens is 2. The molecule has 0 spiro atoms. The highest BCUT2D eigenvalue weighted by atomic mass is 35.5. The monoisotopic (exact) mass is 278 g/mol. The molecule has 1 aromatic heterocycles. The molecule has 2 aromatic carbocycles. The van der Waals surface area contributed by atoms with E-state index in [-0.39, 0.29) is 5.75 Å². The second kappa shape index (κ2) is 4.19. The van der Waals surface area contributed by atoms with Gasteiger partial charge in [0.1, 0.15) is 11.6 Å². The molecule has 3 rings (SSSR count). The Kier molecular flexibility index (Phi) is 2.65. The van der Waals surface area contributed by atoms with Crippen LogP contribution in [0.3, 0.4) is 0 Å². The van der Waals surface area contributed by atoms with Crippen LogP contribution in [0.4, 0.5) is 0 Å². The van der Waals surface area contributed by atoms with Crippen LogP contribution in [0.5, 0.6) is 5.75 Å². The number of nitrogens with one attached hydrogen (secondary N) is 1. The first-order valence-corrected chi connectivity index (χ1v) is 6.04. The van der Waals surface area contributed by atoms with Crippen LogP contribution >= 0.6 is 23.2 Å². The fourth-order valence-electron chi connectivity index (χ4n) is 1.84. The van der Waals surface area contributed by atoms with Crippen LogP contribution in [0.15, 0.2) is 36.4 Å². The van der Waals surface area contributed by atoms with Crippen LogP contribution in [-0.2, 0) is 0 Å². The number of aromatic hydroxyl groups is 1. The number of hydrogen-bond donors (Lipinski definition) is 2. The lowest BCUT2D eigenvalue weighted by molar-refractivity contribution is 0.476. The molecular weight excluding hydrogens is 271 g/mol. The zero-order valence-electron chi connectivity index (χ0n) is 9.11. The maximum Gasteiger partial charge on any atom is 0.141 e. The second-order valence-electron chi connectivity index (χ2n) is 3.88. The van der Waals surface area contributed by atoms with Gasteiger partial charge in [-0.2, -0.15) is 0 Å². The molecule has 3 nitrogen and oxygen atoms in total. The standard InChI is InChI=1S/C13H8Cl2N2O/c14-8-2-1-3-9(15)12(8)13-16-10-5-4-7(18)6-11(10)17-13/h1-6,18H,(H,16,17). The summed E-state index contributed by atoms with van der Waals surface area (Å²) in [6.45, 7) is 0. The highest BCUT2D eigenvalue weighted by Crippen LogP contribution is 2.34. The minimum atomic E-state index is 0.183. The van der Waals surface area contributed by atoms with Crippen LogP contribution in [0.1, 0.15) is 0 Å². The van der Waals surface area contributed by atoms with Gasteiger partial charge in [0.25, 0.3) is 0 Å². The zero-order chi connectivity index (χ0) is 12.7. The van der Waals surface area contributed by atoms with Gasteiger partial charge in [0.15, 0.2) is 0 Å². The van der Waals surface area contributed by atoms with Crippen molar-refractivity contribution in [1.29, 1.82) is 0 Å². The molecule has 0 bridgehead atoms. The molecule has 3 aromatic rings. The third kappa shape index (κ3) is 1.82. The first-order chi connectivity index (χ1) is 8.65. The SMILES string of the molecule is Oc1ccc2nc(-c3c(Cl)cccc3Cl)[nH]c2c1. The summed E-state index contributed by atoms with van der Waals surface area (Å²) in [6, 6.07) is 10.2. The first kappa shape index (κ1) is 11.4. The summed E-state index contributed by atoms with van der Waals surface area (Å²) >= 11 is 12.3. The summed E-state index contributed by atoms with van der Waals surface area (Å²) in [4.78, 5) is 7.50. The minimum Gasteiger partial charge on any atom is -0.508 e. The highest BCUT2D eigenvalue weighted by molar-refractivity contribution is 6.39. The Morgan fingerprint density at radius 2 is 1.78 bits per heavy atom. The molecule has 18 heavy (non-hydrogen) atoms. The Morgan fingerprint density at radius 1 is 1.06 bits per heavy atom. The summed E-state index contributed by atoms with van der Waals surface area (Å²) in [5.74, 6) is 0.772. The van der Waals surface area contributed by atoms with E-state index in [2.05, 4.69) is 9.97 Å². The van der Waals surface area contributed by atoms with Gasteiger partial charge in [0.2, 0.25) is 0 Å².